The lowest BCUT2D eigenvalue weighted by Crippen LogP contribution is -2.39. The maximum atomic E-state index is 12.1. The quantitative estimate of drug-likeness (QED) is 0.880. The van der Waals surface area contributed by atoms with Gasteiger partial charge in [-0.25, -0.2) is 0 Å². The normalized spacial score (nSPS) is 19.0. The van der Waals surface area contributed by atoms with Crippen molar-refractivity contribution < 1.29 is 4.79 Å². The molecule has 1 atom stereocenters. The molecule has 1 saturated heterocycles. The number of nitrogens with zero attached hydrogens (tertiary/aromatic N) is 5. The third-order valence-electron chi connectivity index (χ3n) is 3.79. The first-order valence-electron chi connectivity index (χ1n) is 7.21. The van der Waals surface area contributed by atoms with E-state index in [9.17, 15) is 4.79 Å². The number of nitrogens with one attached hydrogen (secondary N) is 1. The molecule has 7 heteroatoms. The Labute approximate surface area is 123 Å². The predicted molar refractivity (Wildman–Crippen MR) is 78.7 cm³/mol. The molecular weight excluding hydrogens is 268 g/mol. The summed E-state index contributed by atoms with van der Waals surface area (Å²) in [5.41, 5.74) is 0.741. The van der Waals surface area contributed by atoms with E-state index in [0.717, 1.165) is 31.6 Å². The standard InChI is InChI=1S/C14H20N6O/c1-18-9-12(8-16-18)17-14(21)11-19-6-2-4-13(19)10-20-7-3-5-15-20/h3,5,7-9,13H,2,4,6,10-11H2,1H3,(H,17,21)/t13-/m0/s1. The van der Waals surface area contributed by atoms with E-state index in [0.29, 0.717) is 12.6 Å². The van der Waals surface area contributed by atoms with Gasteiger partial charge in [0.15, 0.2) is 0 Å². The van der Waals surface area contributed by atoms with Crippen molar-refractivity contribution in [2.45, 2.75) is 25.4 Å². The summed E-state index contributed by atoms with van der Waals surface area (Å²) in [5, 5.41) is 11.2. The molecule has 1 N–H and O–H groups in total. The van der Waals surface area contributed by atoms with Gasteiger partial charge in [-0.15, -0.1) is 0 Å². The molecule has 0 saturated carbocycles. The highest BCUT2D eigenvalue weighted by Gasteiger charge is 2.26. The van der Waals surface area contributed by atoms with E-state index in [1.165, 1.54) is 0 Å². The topological polar surface area (TPSA) is 68.0 Å². The van der Waals surface area contributed by atoms with Gasteiger partial charge in [0.1, 0.15) is 0 Å². The first kappa shape index (κ1) is 13.8. The van der Waals surface area contributed by atoms with E-state index in [2.05, 4.69) is 20.4 Å². The molecule has 0 bridgehead atoms. The van der Waals surface area contributed by atoms with Crippen molar-refractivity contribution in [1.82, 2.24) is 24.5 Å². The summed E-state index contributed by atoms with van der Waals surface area (Å²) < 4.78 is 3.61. The SMILES string of the molecule is Cn1cc(NC(=O)CN2CCC[C@H]2Cn2cccn2)cn1. The van der Waals surface area contributed by atoms with Crippen LogP contribution in [0.5, 0.6) is 0 Å². The summed E-state index contributed by atoms with van der Waals surface area (Å²) in [6.07, 6.45) is 9.44. The zero-order valence-corrected chi connectivity index (χ0v) is 12.1. The smallest absolute Gasteiger partial charge is 0.238 e. The van der Waals surface area contributed by atoms with Crippen molar-refractivity contribution in [3.05, 3.63) is 30.9 Å². The first-order valence-corrected chi connectivity index (χ1v) is 7.21. The third kappa shape index (κ3) is 3.49. The zero-order chi connectivity index (χ0) is 14.7. The second kappa shape index (κ2) is 6.09. The Kier molecular flexibility index (Phi) is 4.01. The van der Waals surface area contributed by atoms with Gasteiger partial charge < -0.3 is 5.32 Å². The molecule has 1 amide bonds. The molecule has 21 heavy (non-hydrogen) atoms. The van der Waals surface area contributed by atoms with Crippen LogP contribution in [-0.4, -0.2) is 49.5 Å². The number of aryl methyl sites for hydroxylation is 1. The minimum absolute atomic E-state index is 0.00960. The summed E-state index contributed by atoms with van der Waals surface area (Å²) in [5.74, 6) is 0.00960. The lowest BCUT2D eigenvalue weighted by atomic mass is 10.2. The largest absolute Gasteiger partial charge is 0.322 e. The Balaban J connectivity index is 1.54. The molecule has 2 aromatic heterocycles. The predicted octanol–water partition coefficient (Wildman–Crippen LogP) is 0.720. The number of aromatic nitrogens is 4. The number of likely N-dealkylation sites (tertiary alicyclic amines) is 1. The Morgan fingerprint density at radius 1 is 1.48 bits per heavy atom. The average Bonchev–Trinajstić information content (AvgIpc) is 3.15. The van der Waals surface area contributed by atoms with Gasteiger partial charge in [-0.05, 0) is 25.5 Å². The molecule has 0 aliphatic carbocycles. The molecule has 7 nitrogen and oxygen atoms in total. The molecule has 1 fully saturated rings. The van der Waals surface area contributed by atoms with E-state index >= 15 is 0 Å². The van der Waals surface area contributed by atoms with Gasteiger partial charge in [-0.1, -0.05) is 0 Å². The number of carbonyl (C=O) groups is 1. The molecule has 0 radical (unpaired) electrons. The van der Waals surface area contributed by atoms with Gasteiger partial charge >= 0.3 is 0 Å². The molecular formula is C14H20N6O. The highest BCUT2D eigenvalue weighted by atomic mass is 16.2. The van der Waals surface area contributed by atoms with E-state index in [1.54, 1.807) is 23.3 Å². The van der Waals surface area contributed by atoms with Gasteiger partial charge in [-0.2, -0.15) is 10.2 Å². The summed E-state index contributed by atoms with van der Waals surface area (Å²) in [4.78, 5) is 14.3. The van der Waals surface area contributed by atoms with Gasteiger partial charge in [0, 0.05) is 31.7 Å². The van der Waals surface area contributed by atoms with Crippen LogP contribution in [0.15, 0.2) is 30.9 Å². The van der Waals surface area contributed by atoms with E-state index < -0.39 is 0 Å². The van der Waals surface area contributed by atoms with E-state index in [-0.39, 0.29) is 5.91 Å². The molecule has 0 aromatic carbocycles. The second-order valence-corrected chi connectivity index (χ2v) is 5.45. The highest BCUT2D eigenvalue weighted by molar-refractivity contribution is 5.92. The number of anilines is 1. The fourth-order valence-electron chi connectivity index (χ4n) is 2.81. The highest BCUT2D eigenvalue weighted by Crippen LogP contribution is 2.18. The monoisotopic (exact) mass is 288 g/mol. The molecule has 3 heterocycles. The zero-order valence-electron chi connectivity index (χ0n) is 12.1. The summed E-state index contributed by atoms with van der Waals surface area (Å²) >= 11 is 0. The van der Waals surface area contributed by atoms with Gasteiger partial charge in [0.2, 0.25) is 5.91 Å². The fraction of sp³-hybridized carbons (Fsp3) is 0.500. The third-order valence-corrected chi connectivity index (χ3v) is 3.79. The molecule has 2 aromatic rings. The minimum Gasteiger partial charge on any atom is -0.322 e. The van der Waals surface area contributed by atoms with E-state index in [4.69, 9.17) is 0 Å². The van der Waals surface area contributed by atoms with Crippen LogP contribution >= 0.6 is 0 Å². The van der Waals surface area contributed by atoms with Crippen molar-refractivity contribution in [2.75, 3.05) is 18.4 Å². The molecule has 1 aliphatic rings. The second-order valence-electron chi connectivity index (χ2n) is 5.45. The summed E-state index contributed by atoms with van der Waals surface area (Å²) in [6.45, 7) is 2.22. The van der Waals surface area contributed by atoms with Gasteiger partial charge in [-0.3, -0.25) is 19.1 Å². The van der Waals surface area contributed by atoms with Crippen LogP contribution in [0.4, 0.5) is 5.69 Å². The van der Waals surface area contributed by atoms with Gasteiger partial charge in [0.25, 0.3) is 0 Å². The first-order chi connectivity index (χ1) is 10.2. The van der Waals surface area contributed by atoms with Crippen molar-refractivity contribution >= 4 is 11.6 Å². The number of amides is 1. The number of rotatable bonds is 5. The van der Waals surface area contributed by atoms with Crippen molar-refractivity contribution in [1.29, 1.82) is 0 Å². The average molecular weight is 288 g/mol. The Bertz CT molecular complexity index is 590. The van der Waals surface area contributed by atoms with E-state index in [1.807, 2.05) is 24.0 Å². The number of hydrogen-bond donors (Lipinski definition) is 1. The minimum atomic E-state index is 0.00960. The molecule has 0 spiro atoms. The van der Waals surface area contributed by atoms with Crippen LogP contribution in [0.2, 0.25) is 0 Å². The van der Waals surface area contributed by atoms with Crippen LogP contribution in [0.25, 0.3) is 0 Å². The van der Waals surface area contributed by atoms with Crippen LogP contribution in [-0.2, 0) is 18.4 Å². The van der Waals surface area contributed by atoms with Crippen LogP contribution in [0.3, 0.4) is 0 Å². The number of carbonyl (C=O) groups excluding carboxylic acids is 1. The Morgan fingerprint density at radius 2 is 2.38 bits per heavy atom. The lowest BCUT2D eigenvalue weighted by molar-refractivity contribution is -0.117. The molecule has 112 valence electrons. The van der Waals surface area contributed by atoms with Crippen molar-refractivity contribution in [2.24, 2.45) is 7.05 Å². The summed E-state index contributed by atoms with van der Waals surface area (Å²) in [6, 6.07) is 2.30. The van der Waals surface area contributed by atoms with Gasteiger partial charge in [0.05, 0.1) is 25.0 Å². The summed E-state index contributed by atoms with van der Waals surface area (Å²) in [7, 11) is 1.83. The maximum Gasteiger partial charge on any atom is 0.238 e. The van der Waals surface area contributed by atoms with Crippen molar-refractivity contribution in [3.8, 4) is 0 Å². The Hall–Kier alpha value is -2.15. The fourth-order valence-corrected chi connectivity index (χ4v) is 2.81. The van der Waals surface area contributed by atoms with Crippen LogP contribution in [0, 0.1) is 0 Å². The van der Waals surface area contributed by atoms with Crippen LogP contribution < -0.4 is 5.32 Å². The number of hydrogen-bond acceptors (Lipinski definition) is 4. The molecule has 1 aliphatic heterocycles. The maximum absolute atomic E-state index is 12.1. The van der Waals surface area contributed by atoms with Crippen molar-refractivity contribution in [3.63, 3.8) is 0 Å². The molecule has 3 rings (SSSR count). The molecule has 0 unspecified atom stereocenters. The lowest BCUT2D eigenvalue weighted by Gasteiger charge is -2.23. The van der Waals surface area contributed by atoms with Crippen LogP contribution in [0.1, 0.15) is 12.8 Å². The Morgan fingerprint density at radius 3 is 3.10 bits per heavy atom.